The molecule has 0 amide bonds. The predicted molar refractivity (Wildman–Crippen MR) is 79.3 cm³/mol. The fourth-order valence-corrected chi connectivity index (χ4v) is 2.45. The van der Waals surface area contributed by atoms with Crippen molar-refractivity contribution in [1.82, 2.24) is 15.3 Å². The summed E-state index contributed by atoms with van der Waals surface area (Å²) in [4.78, 5) is 7.39. The molecule has 0 bridgehead atoms. The van der Waals surface area contributed by atoms with Crippen molar-refractivity contribution < 1.29 is 4.74 Å². The molecule has 0 aliphatic heterocycles. The quantitative estimate of drug-likeness (QED) is 0.887. The Kier molecular flexibility index (Phi) is 4.61. The third-order valence-electron chi connectivity index (χ3n) is 3.03. The van der Waals surface area contributed by atoms with Crippen molar-refractivity contribution >= 4 is 15.9 Å². The van der Waals surface area contributed by atoms with E-state index in [9.17, 15) is 0 Å². The van der Waals surface area contributed by atoms with E-state index in [0.29, 0.717) is 0 Å². The maximum Gasteiger partial charge on any atom is 0.133 e. The average molecular weight is 324 g/mol. The molecule has 2 rings (SSSR count). The van der Waals surface area contributed by atoms with E-state index in [2.05, 4.69) is 50.3 Å². The van der Waals surface area contributed by atoms with Crippen molar-refractivity contribution in [3.05, 3.63) is 46.0 Å². The van der Waals surface area contributed by atoms with Crippen LogP contribution < -0.4 is 10.1 Å². The molecule has 0 aliphatic rings. The number of nitrogens with one attached hydrogen (secondary N) is 2. The molecule has 5 heteroatoms. The zero-order valence-electron chi connectivity index (χ0n) is 11.3. The highest BCUT2D eigenvalue weighted by atomic mass is 79.9. The minimum Gasteiger partial charge on any atom is -0.496 e. The van der Waals surface area contributed by atoms with Crippen molar-refractivity contribution in [3.63, 3.8) is 0 Å². The first-order valence-electron chi connectivity index (χ1n) is 6.17. The molecule has 4 nitrogen and oxygen atoms in total. The molecular formula is C14H18BrN3O. The van der Waals surface area contributed by atoms with Crippen molar-refractivity contribution in [3.8, 4) is 5.75 Å². The van der Waals surface area contributed by atoms with Crippen LogP contribution in [0.3, 0.4) is 0 Å². The van der Waals surface area contributed by atoms with E-state index < -0.39 is 0 Å². The molecule has 0 radical (unpaired) electrons. The fourth-order valence-electron chi connectivity index (χ4n) is 1.89. The molecule has 1 aromatic carbocycles. The number of methoxy groups -OCH3 is 1. The molecule has 2 aromatic rings. The molecule has 0 fully saturated rings. The minimum atomic E-state index is 0.255. The third kappa shape index (κ3) is 3.58. The van der Waals surface area contributed by atoms with Crippen LogP contribution in [-0.2, 0) is 6.54 Å². The zero-order valence-corrected chi connectivity index (χ0v) is 12.9. The SMILES string of the molecule is COc1ccc(C(C)NCc2cnc(C)[nH]2)cc1Br. The number of imidazole rings is 1. The summed E-state index contributed by atoms with van der Waals surface area (Å²) in [6.07, 6.45) is 1.86. The normalized spacial score (nSPS) is 12.4. The van der Waals surface area contributed by atoms with Crippen LogP contribution in [0.5, 0.6) is 5.75 Å². The van der Waals surface area contributed by atoms with Crippen LogP contribution in [0.15, 0.2) is 28.9 Å². The Balaban J connectivity index is 1.99. The number of nitrogens with zero attached hydrogens (tertiary/aromatic N) is 1. The Morgan fingerprint density at radius 2 is 2.26 bits per heavy atom. The molecule has 102 valence electrons. The summed E-state index contributed by atoms with van der Waals surface area (Å²) in [5.41, 5.74) is 2.31. The van der Waals surface area contributed by atoms with Gasteiger partial charge in [-0.1, -0.05) is 6.07 Å². The number of aromatic amines is 1. The Bertz CT molecular complexity index is 553. The Morgan fingerprint density at radius 3 is 2.84 bits per heavy atom. The van der Waals surface area contributed by atoms with Crippen LogP contribution in [0.25, 0.3) is 0 Å². The van der Waals surface area contributed by atoms with Gasteiger partial charge in [-0.15, -0.1) is 0 Å². The number of H-pyrrole nitrogens is 1. The van der Waals surface area contributed by atoms with E-state index in [1.165, 1.54) is 5.56 Å². The van der Waals surface area contributed by atoms with E-state index in [-0.39, 0.29) is 6.04 Å². The highest BCUT2D eigenvalue weighted by Gasteiger charge is 2.08. The molecule has 0 saturated heterocycles. The van der Waals surface area contributed by atoms with Gasteiger partial charge >= 0.3 is 0 Å². The maximum atomic E-state index is 5.23. The molecule has 0 saturated carbocycles. The molecule has 1 atom stereocenters. The predicted octanol–water partition coefficient (Wildman–Crippen LogP) is 3.34. The summed E-state index contributed by atoms with van der Waals surface area (Å²) in [6.45, 7) is 4.86. The van der Waals surface area contributed by atoms with Gasteiger partial charge in [0.2, 0.25) is 0 Å². The number of benzene rings is 1. The van der Waals surface area contributed by atoms with Gasteiger partial charge in [-0.3, -0.25) is 0 Å². The first kappa shape index (κ1) is 14.1. The van der Waals surface area contributed by atoms with Gasteiger partial charge in [0.25, 0.3) is 0 Å². The summed E-state index contributed by atoms with van der Waals surface area (Å²) >= 11 is 3.51. The number of rotatable bonds is 5. The second kappa shape index (κ2) is 6.21. The molecule has 2 N–H and O–H groups in total. The van der Waals surface area contributed by atoms with Crippen LogP contribution in [-0.4, -0.2) is 17.1 Å². The third-order valence-corrected chi connectivity index (χ3v) is 3.65. The minimum absolute atomic E-state index is 0.255. The number of hydrogen-bond donors (Lipinski definition) is 2. The van der Waals surface area contributed by atoms with Crippen LogP contribution >= 0.6 is 15.9 Å². The summed E-state index contributed by atoms with van der Waals surface area (Å²) in [6, 6.07) is 6.37. The van der Waals surface area contributed by atoms with Gasteiger partial charge in [-0.25, -0.2) is 4.98 Å². The molecule has 0 aliphatic carbocycles. The number of halogens is 1. The van der Waals surface area contributed by atoms with E-state index in [4.69, 9.17) is 4.74 Å². The van der Waals surface area contributed by atoms with E-state index in [1.807, 2.05) is 19.2 Å². The summed E-state index contributed by atoms with van der Waals surface area (Å²) in [5.74, 6) is 1.79. The lowest BCUT2D eigenvalue weighted by Crippen LogP contribution is -2.18. The maximum absolute atomic E-state index is 5.23. The van der Waals surface area contributed by atoms with Gasteiger partial charge in [0.15, 0.2) is 0 Å². The lowest BCUT2D eigenvalue weighted by Gasteiger charge is -2.15. The topological polar surface area (TPSA) is 49.9 Å². The fraction of sp³-hybridized carbons (Fsp3) is 0.357. The van der Waals surface area contributed by atoms with E-state index in [0.717, 1.165) is 28.3 Å². The first-order valence-corrected chi connectivity index (χ1v) is 6.96. The standard InChI is InChI=1S/C14H18BrN3O/c1-9(16-7-12-8-17-10(2)18-12)11-4-5-14(19-3)13(15)6-11/h4-6,8-9,16H,7H2,1-3H3,(H,17,18). The van der Waals surface area contributed by atoms with Crippen molar-refractivity contribution in [2.75, 3.05) is 7.11 Å². The van der Waals surface area contributed by atoms with Gasteiger partial charge in [0.05, 0.1) is 11.6 Å². The highest BCUT2D eigenvalue weighted by molar-refractivity contribution is 9.10. The molecule has 1 heterocycles. The second-order valence-corrected chi connectivity index (χ2v) is 5.34. The zero-order chi connectivity index (χ0) is 13.8. The van der Waals surface area contributed by atoms with Crippen LogP contribution in [0.1, 0.15) is 30.0 Å². The van der Waals surface area contributed by atoms with Gasteiger partial charge in [0, 0.05) is 24.5 Å². The second-order valence-electron chi connectivity index (χ2n) is 4.49. The molecule has 0 spiro atoms. The van der Waals surface area contributed by atoms with Crippen LogP contribution in [0, 0.1) is 6.92 Å². The lowest BCUT2D eigenvalue weighted by molar-refractivity contribution is 0.411. The molecule has 1 aromatic heterocycles. The Labute approximate surface area is 121 Å². The Hall–Kier alpha value is -1.33. The van der Waals surface area contributed by atoms with E-state index in [1.54, 1.807) is 7.11 Å². The summed E-state index contributed by atoms with van der Waals surface area (Å²) in [7, 11) is 1.67. The van der Waals surface area contributed by atoms with Gasteiger partial charge in [-0.05, 0) is 47.5 Å². The summed E-state index contributed by atoms with van der Waals surface area (Å²) < 4.78 is 6.20. The number of aryl methyl sites for hydroxylation is 1. The van der Waals surface area contributed by atoms with Crippen molar-refractivity contribution in [2.45, 2.75) is 26.4 Å². The van der Waals surface area contributed by atoms with Crippen molar-refractivity contribution in [1.29, 1.82) is 0 Å². The first-order chi connectivity index (χ1) is 9.10. The van der Waals surface area contributed by atoms with E-state index >= 15 is 0 Å². The van der Waals surface area contributed by atoms with Crippen molar-refractivity contribution in [2.24, 2.45) is 0 Å². The summed E-state index contributed by atoms with van der Waals surface area (Å²) in [5, 5.41) is 3.46. The van der Waals surface area contributed by atoms with Crippen LogP contribution in [0.2, 0.25) is 0 Å². The Morgan fingerprint density at radius 1 is 1.47 bits per heavy atom. The molecule has 1 unspecified atom stereocenters. The smallest absolute Gasteiger partial charge is 0.133 e. The average Bonchev–Trinajstić information content (AvgIpc) is 2.81. The van der Waals surface area contributed by atoms with Gasteiger partial charge in [0.1, 0.15) is 11.6 Å². The molecule has 19 heavy (non-hydrogen) atoms. The lowest BCUT2D eigenvalue weighted by atomic mass is 10.1. The monoisotopic (exact) mass is 323 g/mol. The number of ether oxygens (including phenoxy) is 1. The van der Waals surface area contributed by atoms with Gasteiger partial charge in [-0.2, -0.15) is 0 Å². The highest BCUT2D eigenvalue weighted by Crippen LogP contribution is 2.28. The van der Waals surface area contributed by atoms with Gasteiger partial charge < -0.3 is 15.0 Å². The number of aromatic nitrogens is 2. The largest absolute Gasteiger partial charge is 0.496 e. The number of hydrogen-bond acceptors (Lipinski definition) is 3. The molecular weight excluding hydrogens is 306 g/mol. The van der Waals surface area contributed by atoms with Crippen LogP contribution in [0.4, 0.5) is 0 Å².